The Morgan fingerprint density at radius 2 is 2.00 bits per heavy atom. The van der Waals surface area contributed by atoms with E-state index in [1.807, 2.05) is 62.8 Å². The molecule has 5 nitrogen and oxygen atoms in total. The predicted molar refractivity (Wildman–Crippen MR) is 91.4 cm³/mol. The molecule has 0 radical (unpaired) electrons. The molecule has 0 aliphatic rings. The molecule has 1 aromatic carbocycles. The Hall–Kier alpha value is -2.69. The van der Waals surface area contributed by atoms with Crippen LogP contribution in [0, 0.1) is 13.8 Å². The lowest BCUT2D eigenvalue weighted by Gasteiger charge is -2.10. The second-order valence-corrected chi connectivity index (χ2v) is 5.60. The zero-order chi connectivity index (χ0) is 16.6. The van der Waals surface area contributed by atoms with Gasteiger partial charge in [-0.25, -0.2) is 4.98 Å². The maximum absolute atomic E-state index is 12.5. The molecule has 3 aromatic rings. The standard InChI is InChI=1S/C18H20N4O/c1-5-19-18(23)14-10-16(17-11(2)21-22(4)12(17)3)20-15-9-7-6-8-13(14)15/h6-10H,5H2,1-4H3,(H,19,23). The number of rotatable bonds is 3. The molecule has 0 saturated carbocycles. The van der Waals surface area contributed by atoms with Crippen molar-refractivity contribution < 1.29 is 4.79 Å². The Balaban J connectivity index is 2.29. The smallest absolute Gasteiger partial charge is 0.252 e. The lowest BCUT2D eigenvalue weighted by atomic mass is 10.0. The van der Waals surface area contributed by atoms with Crippen molar-refractivity contribution in [2.24, 2.45) is 7.05 Å². The Bertz CT molecular complexity index is 895. The molecule has 0 unspecified atom stereocenters. The summed E-state index contributed by atoms with van der Waals surface area (Å²) in [6.45, 7) is 6.48. The van der Waals surface area contributed by atoms with E-state index in [0.29, 0.717) is 12.1 Å². The first kappa shape index (κ1) is 15.2. The summed E-state index contributed by atoms with van der Waals surface area (Å²) in [4.78, 5) is 17.2. The summed E-state index contributed by atoms with van der Waals surface area (Å²) in [6, 6.07) is 9.59. The van der Waals surface area contributed by atoms with Crippen LogP contribution in [-0.4, -0.2) is 27.2 Å². The minimum absolute atomic E-state index is 0.0773. The molecule has 0 aliphatic carbocycles. The first-order chi connectivity index (χ1) is 11.0. The number of fused-ring (bicyclic) bond motifs is 1. The number of benzene rings is 1. The number of para-hydroxylation sites is 1. The van der Waals surface area contributed by atoms with Crippen LogP contribution in [0.3, 0.4) is 0 Å². The number of amides is 1. The van der Waals surface area contributed by atoms with Gasteiger partial charge in [0.15, 0.2) is 0 Å². The number of nitrogens with zero attached hydrogens (tertiary/aromatic N) is 3. The van der Waals surface area contributed by atoms with Crippen LogP contribution in [0.5, 0.6) is 0 Å². The molecule has 0 spiro atoms. The molecule has 118 valence electrons. The van der Waals surface area contributed by atoms with Gasteiger partial charge in [0.05, 0.1) is 22.5 Å². The van der Waals surface area contributed by atoms with Gasteiger partial charge in [-0.15, -0.1) is 0 Å². The molecule has 1 N–H and O–H groups in total. The van der Waals surface area contributed by atoms with Crippen molar-refractivity contribution in [3.05, 3.63) is 47.3 Å². The van der Waals surface area contributed by atoms with Crippen LogP contribution in [0.15, 0.2) is 30.3 Å². The van der Waals surface area contributed by atoms with Crippen LogP contribution >= 0.6 is 0 Å². The highest BCUT2D eigenvalue weighted by Crippen LogP contribution is 2.29. The number of carbonyl (C=O) groups is 1. The third kappa shape index (κ3) is 2.59. The van der Waals surface area contributed by atoms with E-state index >= 15 is 0 Å². The number of pyridine rings is 1. The van der Waals surface area contributed by atoms with Gasteiger partial charge in [0.2, 0.25) is 0 Å². The maximum atomic E-state index is 12.5. The zero-order valence-electron chi connectivity index (χ0n) is 13.8. The SMILES string of the molecule is CCNC(=O)c1cc(-c2c(C)nn(C)c2C)nc2ccccc12. The second-order valence-electron chi connectivity index (χ2n) is 5.60. The van der Waals surface area contributed by atoms with Gasteiger partial charge in [-0.2, -0.15) is 5.10 Å². The van der Waals surface area contributed by atoms with Gasteiger partial charge in [0, 0.05) is 30.2 Å². The summed E-state index contributed by atoms with van der Waals surface area (Å²) in [5, 5.41) is 8.20. The van der Waals surface area contributed by atoms with E-state index in [4.69, 9.17) is 4.98 Å². The summed E-state index contributed by atoms with van der Waals surface area (Å²) < 4.78 is 1.84. The molecular formula is C18H20N4O. The molecule has 0 atom stereocenters. The third-order valence-electron chi connectivity index (χ3n) is 4.06. The second kappa shape index (κ2) is 5.83. The number of aryl methyl sites for hydroxylation is 2. The van der Waals surface area contributed by atoms with E-state index in [9.17, 15) is 4.79 Å². The Morgan fingerprint density at radius 3 is 2.65 bits per heavy atom. The predicted octanol–water partition coefficient (Wildman–Crippen LogP) is 3.00. The Morgan fingerprint density at radius 1 is 1.26 bits per heavy atom. The van der Waals surface area contributed by atoms with Crippen molar-refractivity contribution in [3.63, 3.8) is 0 Å². The van der Waals surface area contributed by atoms with Crippen LogP contribution in [-0.2, 0) is 7.05 Å². The minimum Gasteiger partial charge on any atom is -0.352 e. The van der Waals surface area contributed by atoms with Crippen LogP contribution in [0.4, 0.5) is 0 Å². The highest BCUT2D eigenvalue weighted by molar-refractivity contribution is 6.07. The largest absolute Gasteiger partial charge is 0.352 e. The van der Waals surface area contributed by atoms with Crippen molar-refractivity contribution >= 4 is 16.8 Å². The summed E-state index contributed by atoms with van der Waals surface area (Å²) in [6.07, 6.45) is 0. The summed E-state index contributed by atoms with van der Waals surface area (Å²) >= 11 is 0. The van der Waals surface area contributed by atoms with Crippen molar-refractivity contribution in [2.45, 2.75) is 20.8 Å². The summed E-state index contributed by atoms with van der Waals surface area (Å²) in [5.41, 5.74) is 5.18. The first-order valence-electron chi connectivity index (χ1n) is 7.71. The number of aromatic nitrogens is 3. The van der Waals surface area contributed by atoms with Crippen molar-refractivity contribution in [1.82, 2.24) is 20.1 Å². The van der Waals surface area contributed by atoms with E-state index in [-0.39, 0.29) is 5.91 Å². The number of carbonyl (C=O) groups excluding carboxylic acids is 1. The van der Waals surface area contributed by atoms with Gasteiger partial charge in [0.25, 0.3) is 5.91 Å². The fourth-order valence-electron chi connectivity index (χ4n) is 2.89. The van der Waals surface area contributed by atoms with Crippen molar-refractivity contribution in [3.8, 4) is 11.3 Å². The van der Waals surface area contributed by atoms with E-state index < -0.39 is 0 Å². The minimum atomic E-state index is -0.0773. The van der Waals surface area contributed by atoms with E-state index in [1.54, 1.807) is 0 Å². The first-order valence-corrected chi connectivity index (χ1v) is 7.71. The molecule has 0 bridgehead atoms. The molecular weight excluding hydrogens is 288 g/mol. The summed E-state index contributed by atoms with van der Waals surface area (Å²) in [7, 11) is 1.91. The van der Waals surface area contributed by atoms with Crippen LogP contribution in [0.1, 0.15) is 28.7 Å². The van der Waals surface area contributed by atoms with Gasteiger partial charge in [-0.3, -0.25) is 9.48 Å². The van der Waals surface area contributed by atoms with Gasteiger partial charge < -0.3 is 5.32 Å². The van der Waals surface area contributed by atoms with E-state index in [2.05, 4.69) is 10.4 Å². The fourth-order valence-corrected chi connectivity index (χ4v) is 2.89. The molecule has 1 amide bonds. The molecule has 2 heterocycles. The van der Waals surface area contributed by atoms with Gasteiger partial charge >= 0.3 is 0 Å². The molecule has 0 saturated heterocycles. The lowest BCUT2D eigenvalue weighted by Crippen LogP contribution is -2.23. The maximum Gasteiger partial charge on any atom is 0.252 e. The number of nitrogens with one attached hydrogen (secondary N) is 1. The monoisotopic (exact) mass is 308 g/mol. The number of hydrogen-bond donors (Lipinski definition) is 1. The molecule has 2 aromatic heterocycles. The van der Waals surface area contributed by atoms with E-state index in [0.717, 1.165) is 33.5 Å². The number of hydrogen-bond acceptors (Lipinski definition) is 3. The highest BCUT2D eigenvalue weighted by Gasteiger charge is 2.17. The van der Waals surface area contributed by atoms with Crippen molar-refractivity contribution in [1.29, 1.82) is 0 Å². The molecule has 0 fully saturated rings. The Kier molecular flexibility index (Phi) is 3.86. The van der Waals surface area contributed by atoms with Gasteiger partial charge in [-0.05, 0) is 32.9 Å². The average molecular weight is 308 g/mol. The normalized spacial score (nSPS) is 11.0. The van der Waals surface area contributed by atoms with Crippen LogP contribution in [0.2, 0.25) is 0 Å². The topological polar surface area (TPSA) is 59.8 Å². The molecule has 0 aliphatic heterocycles. The van der Waals surface area contributed by atoms with E-state index in [1.165, 1.54) is 0 Å². The zero-order valence-corrected chi connectivity index (χ0v) is 13.8. The van der Waals surface area contributed by atoms with Gasteiger partial charge in [0.1, 0.15) is 0 Å². The molecule has 5 heteroatoms. The molecule has 23 heavy (non-hydrogen) atoms. The fraction of sp³-hybridized carbons (Fsp3) is 0.278. The quantitative estimate of drug-likeness (QED) is 0.809. The Labute approximate surface area is 135 Å². The third-order valence-corrected chi connectivity index (χ3v) is 4.06. The lowest BCUT2D eigenvalue weighted by molar-refractivity contribution is 0.0957. The van der Waals surface area contributed by atoms with Crippen LogP contribution < -0.4 is 5.32 Å². The van der Waals surface area contributed by atoms with Crippen LogP contribution in [0.25, 0.3) is 22.2 Å². The van der Waals surface area contributed by atoms with Crippen molar-refractivity contribution in [2.75, 3.05) is 6.54 Å². The summed E-state index contributed by atoms with van der Waals surface area (Å²) in [5.74, 6) is -0.0773. The average Bonchev–Trinajstić information content (AvgIpc) is 2.79. The highest BCUT2D eigenvalue weighted by atomic mass is 16.1. The van der Waals surface area contributed by atoms with Gasteiger partial charge in [-0.1, -0.05) is 18.2 Å². The molecule has 3 rings (SSSR count).